The highest BCUT2D eigenvalue weighted by atomic mass is 35.5. The molecule has 5 aliphatic rings. The number of hydrogen-bond donors (Lipinski definition) is 2. The quantitative estimate of drug-likeness (QED) is 0.135. The monoisotopic (exact) mass is 1010 g/mol. The van der Waals surface area contributed by atoms with Crippen molar-refractivity contribution >= 4 is 45.7 Å². The van der Waals surface area contributed by atoms with Crippen LogP contribution >= 0.6 is 22.9 Å². The molecule has 2 amide bonds. The lowest BCUT2D eigenvalue weighted by molar-refractivity contribution is -0.144. The second-order valence-electron chi connectivity index (χ2n) is 22.7. The third kappa shape index (κ3) is 8.99. The van der Waals surface area contributed by atoms with Gasteiger partial charge in [0.2, 0.25) is 11.8 Å². The Balaban J connectivity index is 0.704. The topological polar surface area (TPSA) is 164 Å². The molecule has 7 heterocycles. The molecule has 3 aliphatic heterocycles. The Labute approximate surface area is 430 Å². The molecule has 2 saturated heterocycles. The smallest absolute Gasteiger partial charge is 0.282 e. The molecule has 2 saturated carbocycles. The third-order valence-corrected chi connectivity index (χ3v) is 18.2. The molecule has 2 aliphatic carbocycles. The molecule has 2 N–H and O–H groups in total. The van der Waals surface area contributed by atoms with Crippen molar-refractivity contribution in [3.63, 3.8) is 0 Å². The van der Waals surface area contributed by atoms with Crippen molar-refractivity contribution in [2.75, 3.05) is 26.2 Å². The first kappa shape index (κ1) is 48.9. The first-order chi connectivity index (χ1) is 34.7. The van der Waals surface area contributed by atoms with Gasteiger partial charge in [-0.25, -0.2) is 14.6 Å². The molecule has 378 valence electrons. The Hall–Kier alpha value is -5.35. The van der Waals surface area contributed by atoms with Crippen LogP contribution in [-0.4, -0.2) is 99.6 Å². The number of halogens is 1. The predicted molar refractivity (Wildman–Crippen MR) is 281 cm³/mol. The van der Waals surface area contributed by atoms with Gasteiger partial charge in [-0.3, -0.25) is 19.0 Å². The summed E-state index contributed by atoms with van der Waals surface area (Å²) < 4.78 is 3.87. The molecular formula is C56H67ClN10O4S. The Bertz CT molecular complexity index is 3050. The number of pyridine rings is 1. The van der Waals surface area contributed by atoms with Crippen molar-refractivity contribution in [2.45, 2.75) is 153 Å². The minimum Gasteiger partial charge on any atom is -0.391 e. The summed E-state index contributed by atoms with van der Waals surface area (Å²) in [4.78, 5) is 61.9. The number of carbonyl (C=O) groups excluding carboxylic acids is 2. The molecule has 0 radical (unpaired) electrons. The van der Waals surface area contributed by atoms with Crippen molar-refractivity contribution in [3.05, 3.63) is 116 Å². The number of nitrogens with one attached hydrogen (secondary N) is 1. The van der Waals surface area contributed by atoms with Gasteiger partial charge in [-0.2, -0.15) is 4.98 Å². The number of β-amino-alcohol motifs (C(OH)–C–C–N with tert-alkyl or cyclic N) is 1. The standard InChI is InChI=1S/C56H67ClN10O4S/c1-33(36-16-18-39(19-17-36)48-34(2)58-32-72-48)59-51(69)46-28-40(68)30-65(46)53(71)49(55(3,4)5)66-31-44(62-63-66)37-14-12-35(13-15-37)29-64-26-22-38(23-27-64)43-21-20-41-50(60-43)67-45-11-9-10-42(57)47(45)52(70)61-54(67)56(41)24-7-6-8-25-56/h9-11,16-21,31-33,35,37-38,40,46,49,68H,6-8,12-15,22-30H2,1-5H3,(H,59,69)/t33-,35?,37?,40+,46-,49+/m0/s1. The van der Waals surface area contributed by atoms with E-state index in [1.54, 1.807) is 27.0 Å². The van der Waals surface area contributed by atoms with Crippen molar-refractivity contribution in [1.82, 2.24) is 49.6 Å². The summed E-state index contributed by atoms with van der Waals surface area (Å²) >= 11 is 8.23. The Morgan fingerprint density at radius 1 is 0.931 bits per heavy atom. The van der Waals surface area contributed by atoms with Crippen molar-refractivity contribution < 1.29 is 14.7 Å². The number of aliphatic hydroxyl groups excluding tert-OH is 1. The second-order valence-corrected chi connectivity index (χ2v) is 23.9. The van der Waals surface area contributed by atoms with Crippen molar-refractivity contribution in [3.8, 4) is 16.3 Å². The first-order valence-corrected chi connectivity index (χ1v) is 27.6. The van der Waals surface area contributed by atoms with Gasteiger partial charge in [-0.05, 0) is 119 Å². The fraction of sp³-hybridized carbons (Fsp3) is 0.536. The molecule has 4 fully saturated rings. The maximum atomic E-state index is 14.6. The summed E-state index contributed by atoms with van der Waals surface area (Å²) in [6, 6.07) is 16.5. The lowest BCUT2D eigenvalue weighted by atomic mass is 9.70. The van der Waals surface area contributed by atoms with Crippen LogP contribution in [0, 0.1) is 18.3 Å². The van der Waals surface area contributed by atoms with Gasteiger partial charge in [-0.1, -0.05) is 93.2 Å². The number of fused-ring (bicyclic) bond motifs is 7. The predicted octanol–water partition coefficient (Wildman–Crippen LogP) is 9.60. The molecule has 72 heavy (non-hydrogen) atoms. The highest BCUT2D eigenvalue weighted by molar-refractivity contribution is 7.13. The molecule has 2 aromatic carbocycles. The number of thiazole rings is 1. The van der Waals surface area contributed by atoms with Crippen LogP contribution in [0.15, 0.2) is 71.1 Å². The van der Waals surface area contributed by atoms with Gasteiger partial charge in [0, 0.05) is 48.8 Å². The number of hydrogen-bond acceptors (Lipinski definition) is 11. The molecule has 14 nitrogen and oxygen atoms in total. The van der Waals surface area contributed by atoms with E-state index in [9.17, 15) is 19.5 Å². The summed E-state index contributed by atoms with van der Waals surface area (Å²) in [5.74, 6) is 2.47. The van der Waals surface area contributed by atoms with Gasteiger partial charge in [0.05, 0.1) is 55.3 Å². The molecule has 6 aromatic rings. The number of carbonyl (C=O) groups is 2. The molecule has 1 spiro atoms. The number of amides is 2. The molecule has 0 unspecified atom stereocenters. The van der Waals surface area contributed by atoms with E-state index >= 15 is 0 Å². The van der Waals surface area contributed by atoms with E-state index in [1.165, 1.54) is 12.0 Å². The zero-order chi connectivity index (χ0) is 50.1. The lowest BCUT2D eigenvalue weighted by Crippen LogP contribution is -2.50. The number of aromatic nitrogens is 7. The second kappa shape index (κ2) is 19.5. The highest BCUT2D eigenvalue weighted by Gasteiger charge is 2.48. The van der Waals surface area contributed by atoms with Gasteiger partial charge in [0.25, 0.3) is 5.56 Å². The van der Waals surface area contributed by atoms with Gasteiger partial charge in [0.1, 0.15) is 23.7 Å². The van der Waals surface area contributed by atoms with E-state index < -0.39 is 23.6 Å². The Morgan fingerprint density at radius 3 is 2.38 bits per heavy atom. The van der Waals surface area contributed by atoms with E-state index in [-0.39, 0.29) is 47.7 Å². The Morgan fingerprint density at radius 2 is 1.67 bits per heavy atom. The average Bonchev–Trinajstić information content (AvgIpc) is 4.18. The fourth-order valence-corrected chi connectivity index (χ4v) is 14.1. The number of likely N-dealkylation sites (tertiary alicyclic amines) is 2. The van der Waals surface area contributed by atoms with Gasteiger partial charge < -0.3 is 20.2 Å². The average molecular weight is 1010 g/mol. The van der Waals surface area contributed by atoms with Crippen LogP contribution < -0.4 is 10.9 Å². The van der Waals surface area contributed by atoms with E-state index in [0.717, 1.165) is 134 Å². The zero-order valence-corrected chi connectivity index (χ0v) is 43.8. The van der Waals surface area contributed by atoms with Gasteiger partial charge >= 0.3 is 0 Å². The van der Waals surface area contributed by atoms with Crippen LogP contribution in [-0.2, 0) is 15.0 Å². The van der Waals surface area contributed by atoms with Crippen LogP contribution in [0.2, 0.25) is 5.02 Å². The summed E-state index contributed by atoms with van der Waals surface area (Å²) in [6.07, 6.45) is 13.0. The van der Waals surface area contributed by atoms with Crippen molar-refractivity contribution in [1.29, 1.82) is 0 Å². The van der Waals surface area contributed by atoms with Gasteiger partial charge in [-0.15, -0.1) is 16.4 Å². The highest BCUT2D eigenvalue weighted by Crippen LogP contribution is 2.51. The molecular weight excluding hydrogens is 944 g/mol. The zero-order valence-electron chi connectivity index (χ0n) is 42.2. The largest absolute Gasteiger partial charge is 0.391 e. The number of benzene rings is 2. The van der Waals surface area contributed by atoms with Crippen LogP contribution in [0.4, 0.5) is 0 Å². The van der Waals surface area contributed by atoms with Crippen LogP contribution in [0.1, 0.15) is 163 Å². The van der Waals surface area contributed by atoms with E-state index in [2.05, 4.69) is 42.2 Å². The fourth-order valence-electron chi connectivity index (χ4n) is 13.0. The summed E-state index contributed by atoms with van der Waals surface area (Å²) in [7, 11) is 0. The SMILES string of the molecule is Cc1ncsc1-c1ccc([C@H](C)NC(=O)[C@@H]2C[C@@H](O)CN2C(=O)[C@@H](n2cc(C3CCC(CN4CCC(c5ccc6c(n5)-n5c(nc(=O)c7c(Cl)cccc75)C65CCCCC5)CC4)CC3)nn2)C(C)(C)C)cc1. The summed E-state index contributed by atoms with van der Waals surface area (Å²) in [5, 5.41) is 24.2. The first-order valence-electron chi connectivity index (χ1n) is 26.3. The Kier molecular flexibility index (Phi) is 13.2. The van der Waals surface area contributed by atoms with Crippen LogP contribution in [0.5, 0.6) is 0 Å². The molecule has 4 atom stereocenters. The normalized spacial score (nSPS) is 23.3. The molecule has 4 aromatic heterocycles. The summed E-state index contributed by atoms with van der Waals surface area (Å²) in [6.45, 7) is 13.2. The maximum Gasteiger partial charge on any atom is 0.282 e. The van der Waals surface area contributed by atoms with E-state index in [4.69, 9.17) is 21.6 Å². The number of aryl methyl sites for hydroxylation is 1. The molecule has 16 heteroatoms. The lowest BCUT2D eigenvalue weighted by Gasteiger charge is -2.36. The molecule has 11 rings (SSSR count). The molecule has 0 bridgehead atoms. The number of nitrogens with zero attached hydrogens (tertiary/aromatic N) is 9. The van der Waals surface area contributed by atoms with Gasteiger partial charge in [0.15, 0.2) is 0 Å². The third-order valence-electron chi connectivity index (χ3n) is 16.9. The number of aliphatic hydroxyl groups is 1. The van der Waals surface area contributed by atoms with Crippen molar-refractivity contribution in [2.24, 2.45) is 11.3 Å². The minimum absolute atomic E-state index is 0.0836. The summed E-state index contributed by atoms with van der Waals surface area (Å²) in [5.41, 5.74) is 7.81. The van der Waals surface area contributed by atoms with E-state index in [0.29, 0.717) is 22.2 Å². The van der Waals surface area contributed by atoms with Crippen LogP contribution in [0.25, 0.3) is 27.2 Å². The van der Waals surface area contributed by atoms with E-state index in [1.807, 2.05) is 82.7 Å². The minimum atomic E-state index is -0.806. The number of rotatable bonds is 10. The number of piperidine rings is 1. The van der Waals surface area contributed by atoms with Crippen LogP contribution in [0.3, 0.4) is 0 Å². The maximum absolute atomic E-state index is 14.6.